The minimum absolute atomic E-state index is 0.00200. The number of aromatic nitrogens is 2. The zero-order valence-corrected chi connectivity index (χ0v) is 23.6. The van der Waals surface area contributed by atoms with E-state index < -0.39 is 22.5 Å². The maximum absolute atomic E-state index is 13.7. The Balaban J connectivity index is 1.61. The lowest BCUT2D eigenvalue weighted by atomic mass is 10.2. The third-order valence-corrected chi connectivity index (χ3v) is 8.10. The van der Waals surface area contributed by atoms with Crippen molar-refractivity contribution in [2.45, 2.75) is 18.7 Å². The van der Waals surface area contributed by atoms with Gasteiger partial charge in [-0.05, 0) is 56.3 Å². The standard InChI is InChI=1S/C27H25Cl2N5O4S/c1-18-9-12-22(13-10-18)39(36,37)33(24-15-20(28)11-14-25(24)38-3)17-26(35)31-30-16-23-19(2)34(32-27(23)29)21-7-5-4-6-8-21/h4-16H,17H2,1-3H3,(H,31,35)/b30-16-. The summed E-state index contributed by atoms with van der Waals surface area (Å²) in [5.74, 6) is -0.477. The summed E-state index contributed by atoms with van der Waals surface area (Å²) in [6.45, 7) is 3.06. The Labute approximate surface area is 236 Å². The second-order valence-electron chi connectivity index (χ2n) is 8.47. The summed E-state index contributed by atoms with van der Waals surface area (Å²) in [5.41, 5.74) is 5.38. The SMILES string of the molecule is COc1ccc(Cl)cc1N(CC(=O)N/N=C\c1c(Cl)nn(-c2ccccc2)c1C)S(=O)(=O)c1ccc(C)cc1. The molecule has 1 heterocycles. The number of amides is 1. The molecule has 0 atom stereocenters. The molecular formula is C27H25Cl2N5O4S. The molecule has 1 N–H and O–H groups in total. The zero-order valence-electron chi connectivity index (χ0n) is 21.3. The molecule has 202 valence electrons. The summed E-state index contributed by atoms with van der Waals surface area (Å²) in [4.78, 5) is 13.0. The average Bonchev–Trinajstić information content (AvgIpc) is 3.21. The van der Waals surface area contributed by atoms with Crippen molar-refractivity contribution in [3.63, 3.8) is 0 Å². The van der Waals surface area contributed by atoms with Gasteiger partial charge in [0.15, 0.2) is 5.15 Å². The molecule has 1 aromatic heterocycles. The van der Waals surface area contributed by atoms with Crippen LogP contribution in [0, 0.1) is 13.8 Å². The monoisotopic (exact) mass is 585 g/mol. The van der Waals surface area contributed by atoms with Crippen molar-refractivity contribution in [3.05, 3.63) is 99.8 Å². The van der Waals surface area contributed by atoms with E-state index in [-0.39, 0.29) is 26.5 Å². The van der Waals surface area contributed by atoms with Crippen LogP contribution in [-0.4, -0.2) is 44.0 Å². The Bertz CT molecular complexity index is 1620. The molecule has 4 rings (SSSR count). The average molecular weight is 587 g/mol. The fourth-order valence-corrected chi connectivity index (χ4v) is 5.63. The van der Waals surface area contributed by atoms with Crippen molar-refractivity contribution < 1.29 is 17.9 Å². The molecule has 0 aliphatic heterocycles. The predicted molar refractivity (Wildman–Crippen MR) is 153 cm³/mol. The number of anilines is 1. The molecule has 0 aliphatic rings. The topological polar surface area (TPSA) is 106 Å². The molecule has 0 unspecified atom stereocenters. The lowest BCUT2D eigenvalue weighted by molar-refractivity contribution is -0.119. The van der Waals surface area contributed by atoms with Crippen molar-refractivity contribution in [2.75, 3.05) is 18.0 Å². The van der Waals surface area contributed by atoms with E-state index in [0.29, 0.717) is 11.3 Å². The summed E-state index contributed by atoms with van der Waals surface area (Å²) in [5, 5.41) is 8.80. The van der Waals surface area contributed by atoms with Crippen LogP contribution in [0.2, 0.25) is 10.2 Å². The number of carbonyl (C=O) groups excluding carboxylic acids is 1. The first-order chi connectivity index (χ1) is 18.6. The first-order valence-electron chi connectivity index (χ1n) is 11.7. The highest BCUT2D eigenvalue weighted by Gasteiger charge is 2.29. The number of hydrogen-bond donors (Lipinski definition) is 1. The van der Waals surface area contributed by atoms with Crippen molar-refractivity contribution >= 4 is 51.0 Å². The van der Waals surface area contributed by atoms with Gasteiger partial charge in [-0.1, -0.05) is 59.1 Å². The molecule has 3 aromatic carbocycles. The Kier molecular flexibility index (Phi) is 8.59. The van der Waals surface area contributed by atoms with Gasteiger partial charge in [-0.25, -0.2) is 18.5 Å². The van der Waals surface area contributed by atoms with Crippen LogP contribution in [0.4, 0.5) is 5.69 Å². The van der Waals surface area contributed by atoms with Gasteiger partial charge in [0.2, 0.25) is 0 Å². The second kappa shape index (κ2) is 11.9. The number of nitrogens with zero attached hydrogens (tertiary/aromatic N) is 4. The van der Waals surface area contributed by atoms with Crippen molar-refractivity contribution in [2.24, 2.45) is 5.10 Å². The van der Waals surface area contributed by atoms with Crippen LogP contribution in [0.5, 0.6) is 5.75 Å². The number of para-hydroxylation sites is 1. The van der Waals surface area contributed by atoms with Gasteiger partial charge in [0.1, 0.15) is 12.3 Å². The first-order valence-corrected chi connectivity index (χ1v) is 13.9. The lowest BCUT2D eigenvalue weighted by Gasteiger charge is -2.25. The van der Waals surface area contributed by atoms with Gasteiger partial charge in [-0.3, -0.25) is 9.10 Å². The number of hydrazone groups is 1. The molecule has 0 bridgehead atoms. The van der Waals surface area contributed by atoms with E-state index in [2.05, 4.69) is 15.6 Å². The maximum Gasteiger partial charge on any atom is 0.264 e. The lowest BCUT2D eigenvalue weighted by Crippen LogP contribution is -2.39. The molecule has 0 aliphatic carbocycles. The highest BCUT2D eigenvalue weighted by atomic mass is 35.5. The number of aryl methyl sites for hydroxylation is 1. The highest BCUT2D eigenvalue weighted by molar-refractivity contribution is 7.92. The van der Waals surface area contributed by atoms with Crippen LogP contribution < -0.4 is 14.5 Å². The molecule has 4 aromatic rings. The molecule has 0 radical (unpaired) electrons. The van der Waals surface area contributed by atoms with Gasteiger partial charge < -0.3 is 4.74 Å². The number of hydrogen-bond acceptors (Lipinski definition) is 6. The normalized spacial score (nSPS) is 11.5. The quantitative estimate of drug-likeness (QED) is 0.216. The van der Waals surface area contributed by atoms with Gasteiger partial charge >= 0.3 is 0 Å². The number of nitrogens with one attached hydrogen (secondary N) is 1. The second-order valence-corrected chi connectivity index (χ2v) is 11.1. The van der Waals surface area contributed by atoms with E-state index in [9.17, 15) is 13.2 Å². The van der Waals surface area contributed by atoms with Crippen LogP contribution in [0.1, 0.15) is 16.8 Å². The van der Waals surface area contributed by atoms with Gasteiger partial charge in [0.05, 0.1) is 40.9 Å². The molecule has 0 saturated heterocycles. The van der Waals surface area contributed by atoms with Crippen LogP contribution in [0.15, 0.2) is 82.8 Å². The Morgan fingerprint density at radius 2 is 1.77 bits per heavy atom. The zero-order chi connectivity index (χ0) is 28.2. The third kappa shape index (κ3) is 6.25. The number of ether oxygens (including phenoxy) is 1. The largest absolute Gasteiger partial charge is 0.495 e. The van der Waals surface area contributed by atoms with E-state index in [1.165, 1.54) is 37.6 Å². The fourth-order valence-electron chi connectivity index (χ4n) is 3.78. The Morgan fingerprint density at radius 3 is 2.44 bits per heavy atom. The van der Waals surface area contributed by atoms with Gasteiger partial charge in [-0.15, -0.1) is 0 Å². The number of sulfonamides is 1. The molecular weight excluding hydrogens is 561 g/mol. The van der Waals surface area contributed by atoms with Crippen LogP contribution >= 0.6 is 23.2 Å². The van der Waals surface area contributed by atoms with E-state index in [0.717, 1.165) is 15.6 Å². The number of rotatable bonds is 9. The molecule has 39 heavy (non-hydrogen) atoms. The Morgan fingerprint density at radius 1 is 1.08 bits per heavy atom. The first kappa shape index (κ1) is 28.2. The predicted octanol–water partition coefficient (Wildman–Crippen LogP) is 5.15. The van der Waals surface area contributed by atoms with Crippen molar-refractivity contribution in [3.8, 4) is 11.4 Å². The number of halogens is 2. The van der Waals surface area contributed by atoms with Crippen LogP contribution in [-0.2, 0) is 14.8 Å². The van der Waals surface area contributed by atoms with Crippen molar-refractivity contribution in [1.82, 2.24) is 15.2 Å². The number of benzene rings is 3. The van der Waals surface area contributed by atoms with Gasteiger partial charge in [0.25, 0.3) is 15.9 Å². The number of carbonyl (C=O) groups is 1. The van der Waals surface area contributed by atoms with Gasteiger partial charge in [-0.2, -0.15) is 10.2 Å². The molecule has 9 nitrogen and oxygen atoms in total. The summed E-state index contributed by atoms with van der Waals surface area (Å²) in [6, 6.07) is 20.2. The minimum atomic E-state index is -4.19. The Hall–Kier alpha value is -3.86. The maximum atomic E-state index is 13.7. The minimum Gasteiger partial charge on any atom is -0.495 e. The summed E-state index contributed by atoms with van der Waals surface area (Å²) in [6.07, 6.45) is 1.36. The summed E-state index contributed by atoms with van der Waals surface area (Å²) in [7, 11) is -2.79. The van der Waals surface area contributed by atoms with E-state index in [1.807, 2.05) is 44.2 Å². The highest BCUT2D eigenvalue weighted by Crippen LogP contribution is 2.34. The van der Waals surface area contributed by atoms with Gasteiger partial charge in [0, 0.05) is 5.02 Å². The van der Waals surface area contributed by atoms with E-state index in [4.69, 9.17) is 27.9 Å². The van der Waals surface area contributed by atoms with E-state index in [1.54, 1.807) is 22.9 Å². The fraction of sp³-hybridized carbons (Fsp3) is 0.148. The molecule has 0 saturated carbocycles. The summed E-state index contributed by atoms with van der Waals surface area (Å²) < 4.78 is 35.3. The van der Waals surface area contributed by atoms with Crippen LogP contribution in [0.25, 0.3) is 5.69 Å². The molecule has 1 amide bonds. The molecule has 0 spiro atoms. The third-order valence-electron chi connectivity index (χ3n) is 5.81. The van der Waals surface area contributed by atoms with E-state index >= 15 is 0 Å². The van der Waals surface area contributed by atoms with Crippen LogP contribution in [0.3, 0.4) is 0 Å². The molecule has 0 fully saturated rings. The molecule has 12 heteroatoms. The smallest absolute Gasteiger partial charge is 0.264 e. The number of methoxy groups -OCH3 is 1. The summed E-state index contributed by atoms with van der Waals surface area (Å²) >= 11 is 12.5. The van der Waals surface area contributed by atoms with Crippen molar-refractivity contribution in [1.29, 1.82) is 0 Å².